The van der Waals surface area contributed by atoms with Crippen LogP contribution >= 0.6 is 0 Å². The number of nitrogens with zero attached hydrogens (tertiary/aromatic N) is 2. The number of carbonyl (C=O) groups is 3. The number of amides is 3. The second-order valence-electron chi connectivity index (χ2n) is 4.68. The summed E-state index contributed by atoms with van der Waals surface area (Å²) in [5.74, 6) is -0.445. The van der Waals surface area contributed by atoms with E-state index in [0.717, 1.165) is 6.42 Å². The van der Waals surface area contributed by atoms with E-state index in [9.17, 15) is 14.4 Å². The number of allylic oxidation sites excluding steroid dienone is 1. The molecule has 21 heavy (non-hydrogen) atoms. The molecule has 110 valence electrons. The molecule has 1 unspecified atom stereocenters. The van der Waals surface area contributed by atoms with E-state index < -0.39 is 11.9 Å². The van der Waals surface area contributed by atoms with E-state index >= 15 is 0 Å². The third-order valence-corrected chi connectivity index (χ3v) is 3.26. The highest BCUT2D eigenvalue weighted by atomic mass is 16.2. The van der Waals surface area contributed by atoms with Crippen LogP contribution in [0.25, 0.3) is 0 Å². The highest BCUT2D eigenvalue weighted by Crippen LogP contribution is 2.19. The van der Waals surface area contributed by atoms with Crippen molar-refractivity contribution in [2.75, 3.05) is 6.54 Å². The van der Waals surface area contributed by atoms with Gasteiger partial charge in [0.1, 0.15) is 12.0 Å². The summed E-state index contributed by atoms with van der Waals surface area (Å²) in [5, 5.41) is 2.43. The average molecular weight is 287 g/mol. The number of imide groups is 1. The first-order chi connectivity index (χ1) is 10.2. The number of hydrogen-bond donors (Lipinski definition) is 1. The fourth-order valence-electron chi connectivity index (χ4n) is 2.26. The molecule has 0 aliphatic heterocycles. The van der Waals surface area contributed by atoms with Crippen molar-refractivity contribution in [1.29, 1.82) is 0 Å². The van der Waals surface area contributed by atoms with Crippen molar-refractivity contribution in [3.8, 4) is 0 Å². The molecular weight excluding hydrogens is 270 g/mol. The Morgan fingerprint density at radius 3 is 2.86 bits per heavy atom. The molecule has 0 aromatic carbocycles. The zero-order valence-electron chi connectivity index (χ0n) is 11.6. The quantitative estimate of drug-likeness (QED) is 0.673. The van der Waals surface area contributed by atoms with Gasteiger partial charge in [-0.15, -0.1) is 0 Å². The first kappa shape index (κ1) is 14.9. The molecule has 0 saturated carbocycles. The molecule has 0 spiro atoms. The van der Waals surface area contributed by atoms with Crippen LogP contribution < -0.4 is 5.32 Å². The van der Waals surface area contributed by atoms with E-state index in [2.05, 4.69) is 10.3 Å². The maximum atomic E-state index is 12.5. The molecule has 6 nitrogen and oxygen atoms in total. The van der Waals surface area contributed by atoms with Gasteiger partial charge in [-0.05, 0) is 31.4 Å². The summed E-state index contributed by atoms with van der Waals surface area (Å²) >= 11 is 0. The van der Waals surface area contributed by atoms with Crippen molar-refractivity contribution in [3.63, 3.8) is 0 Å². The molecule has 1 atom stereocenters. The van der Waals surface area contributed by atoms with Gasteiger partial charge in [0.05, 0.1) is 6.54 Å². The van der Waals surface area contributed by atoms with Crippen LogP contribution in [0.1, 0.15) is 29.8 Å². The standard InChI is InChI=1S/C15H17N3O3/c19-11-10-17-15(21)18(12-6-2-1-3-7-12)14(20)13-8-4-5-9-16-13/h1-2,4-5,8-9,11-12H,3,6-7,10H2,(H,17,21). The van der Waals surface area contributed by atoms with Gasteiger partial charge in [0, 0.05) is 12.2 Å². The van der Waals surface area contributed by atoms with Crippen molar-refractivity contribution in [2.45, 2.75) is 25.3 Å². The van der Waals surface area contributed by atoms with Gasteiger partial charge >= 0.3 is 6.03 Å². The minimum atomic E-state index is -0.557. The van der Waals surface area contributed by atoms with Gasteiger partial charge in [0.2, 0.25) is 0 Å². The number of aromatic nitrogens is 1. The fourth-order valence-corrected chi connectivity index (χ4v) is 2.26. The fraction of sp³-hybridized carbons (Fsp3) is 0.333. The molecule has 0 radical (unpaired) electrons. The van der Waals surface area contributed by atoms with Gasteiger partial charge in [-0.25, -0.2) is 4.79 Å². The Morgan fingerprint density at radius 2 is 2.24 bits per heavy atom. The lowest BCUT2D eigenvalue weighted by Crippen LogP contribution is -2.50. The molecule has 1 aromatic rings. The van der Waals surface area contributed by atoms with Crippen LogP contribution in [0.4, 0.5) is 4.79 Å². The van der Waals surface area contributed by atoms with Crippen LogP contribution in [0.3, 0.4) is 0 Å². The SMILES string of the molecule is O=CCNC(=O)N(C(=O)c1ccccn1)C1CC=CCC1. The summed E-state index contributed by atoms with van der Waals surface area (Å²) < 4.78 is 0. The average Bonchev–Trinajstić information content (AvgIpc) is 2.55. The maximum Gasteiger partial charge on any atom is 0.325 e. The van der Waals surface area contributed by atoms with E-state index in [0.29, 0.717) is 19.1 Å². The lowest BCUT2D eigenvalue weighted by atomic mass is 10.00. The number of rotatable bonds is 4. The van der Waals surface area contributed by atoms with Gasteiger partial charge in [0.15, 0.2) is 0 Å². The number of nitrogens with one attached hydrogen (secondary N) is 1. The number of hydrogen-bond acceptors (Lipinski definition) is 4. The van der Waals surface area contributed by atoms with Crippen LogP contribution in [0.2, 0.25) is 0 Å². The summed E-state index contributed by atoms with van der Waals surface area (Å²) in [5.41, 5.74) is 0.216. The highest BCUT2D eigenvalue weighted by Gasteiger charge is 2.31. The minimum absolute atomic E-state index is 0.118. The van der Waals surface area contributed by atoms with Crippen molar-refractivity contribution in [2.24, 2.45) is 0 Å². The largest absolute Gasteiger partial charge is 0.331 e. The molecule has 1 heterocycles. The molecule has 0 bridgehead atoms. The predicted octanol–water partition coefficient (Wildman–Crippen LogP) is 1.54. The Bertz CT molecular complexity index is 542. The number of aldehydes is 1. The highest BCUT2D eigenvalue weighted by molar-refractivity contribution is 6.03. The molecule has 0 saturated heterocycles. The molecular formula is C15H17N3O3. The Labute approximate surface area is 122 Å². The van der Waals surface area contributed by atoms with E-state index in [4.69, 9.17) is 0 Å². The minimum Gasteiger partial charge on any atom is -0.331 e. The van der Waals surface area contributed by atoms with Crippen LogP contribution in [0.15, 0.2) is 36.5 Å². The molecule has 0 fully saturated rings. The van der Waals surface area contributed by atoms with Crippen LogP contribution in [-0.4, -0.2) is 40.7 Å². The monoisotopic (exact) mass is 287 g/mol. The first-order valence-corrected chi connectivity index (χ1v) is 6.85. The van der Waals surface area contributed by atoms with Gasteiger partial charge in [-0.2, -0.15) is 0 Å². The van der Waals surface area contributed by atoms with E-state index in [1.807, 2.05) is 12.2 Å². The van der Waals surface area contributed by atoms with E-state index in [1.165, 1.54) is 11.1 Å². The molecule has 1 aromatic heterocycles. The van der Waals surface area contributed by atoms with Crippen molar-refractivity contribution < 1.29 is 14.4 Å². The summed E-state index contributed by atoms with van der Waals surface area (Å²) in [6.45, 7) is -0.118. The second kappa shape index (κ2) is 7.33. The summed E-state index contributed by atoms with van der Waals surface area (Å²) in [6.07, 6.45) is 8.23. The lowest BCUT2D eigenvalue weighted by molar-refractivity contribution is -0.107. The van der Waals surface area contributed by atoms with Gasteiger partial charge in [-0.1, -0.05) is 18.2 Å². The van der Waals surface area contributed by atoms with Gasteiger partial charge in [0.25, 0.3) is 5.91 Å². The van der Waals surface area contributed by atoms with E-state index in [-0.39, 0.29) is 18.3 Å². The van der Waals surface area contributed by atoms with Crippen LogP contribution in [-0.2, 0) is 4.79 Å². The topological polar surface area (TPSA) is 79.4 Å². The summed E-state index contributed by atoms with van der Waals surface area (Å²) in [4.78, 5) is 40.3. The molecule has 1 aliphatic carbocycles. The Kier molecular flexibility index (Phi) is 5.20. The van der Waals surface area contributed by atoms with E-state index in [1.54, 1.807) is 18.2 Å². The Balaban J connectivity index is 2.22. The third kappa shape index (κ3) is 3.75. The Morgan fingerprint density at radius 1 is 1.38 bits per heavy atom. The Hall–Kier alpha value is -2.50. The maximum absolute atomic E-state index is 12.5. The second-order valence-corrected chi connectivity index (χ2v) is 4.68. The number of urea groups is 1. The molecule has 6 heteroatoms. The zero-order valence-corrected chi connectivity index (χ0v) is 11.6. The zero-order chi connectivity index (χ0) is 15.1. The number of carbonyl (C=O) groups excluding carboxylic acids is 3. The molecule has 1 N–H and O–H groups in total. The van der Waals surface area contributed by atoms with Gasteiger partial charge < -0.3 is 10.1 Å². The molecule has 2 rings (SSSR count). The summed E-state index contributed by atoms with van der Waals surface area (Å²) in [7, 11) is 0. The van der Waals surface area contributed by atoms with Crippen molar-refractivity contribution in [1.82, 2.24) is 15.2 Å². The van der Waals surface area contributed by atoms with Crippen molar-refractivity contribution >= 4 is 18.2 Å². The smallest absolute Gasteiger partial charge is 0.325 e. The summed E-state index contributed by atoms with van der Waals surface area (Å²) in [6, 6.07) is 4.20. The van der Waals surface area contributed by atoms with Gasteiger partial charge in [-0.3, -0.25) is 14.7 Å². The lowest BCUT2D eigenvalue weighted by Gasteiger charge is -2.30. The van der Waals surface area contributed by atoms with Crippen LogP contribution in [0, 0.1) is 0 Å². The van der Waals surface area contributed by atoms with Crippen LogP contribution in [0.5, 0.6) is 0 Å². The predicted molar refractivity (Wildman–Crippen MR) is 76.6 cm³/mol. The third-order valence-electron chi connectivity index (χ3n) is 3.26. The number of pyridine rings is 1. The van der Waals surface area contributed by atoms with Crippen molar-refractivity contribution in [3.05, 3.63) is 42.2 Å². The molecule has 3 amide bonds. The first-order valence-electron chi connectivity index (χ1n) is 6.85. The normalized spacial score (nSPS) is 17.0. The molecule has 1 aliphatic rings.